The topological polar surface area (TPSA) is 67.4 Å². The highest BCUT2D eigenvalue weighted by Gasteiger charge is 2.15. The quantitative estimate of drug-likeness (QED) is 0.179. The third kappa shape index (κ3) is 5.61. The lowest BCUT2D eigenvalue weighted by molar-refractivity contribution is 1.07. The molecule has 0 saturated carbocycles. The molecule has 7 aromatic carbocycles. The number of para-hydroxylation sites is 2. The first-order chi connectivity index (χ1) is 25.2. The lowest BCUT2D eigenvalue weighted by atomic mass is 9.95. The van der Waals surface area contributed by atoms with Crippen LogP contribution in [-0.4, -0.2) is 19.5 Å². The largest absolute Gasteiger partial charge is 0.309 e. The Morgan fingerprint density at radius 2 is 0.804 bits per heavy atom. The van der Waals surface area contributed by atoms with E-state index in [1.165, 1.54) is 10.8 Å². The Balaban J connectivity index is 1.14. The Hall–Kier alpha value is -7.16. The molecule has 2 aromatic heterocycles. The number of hydrogen-bond donors (Lipinski definition) is 0. The van der Waals surface area contributed by atoms with Crippen LogP contribution in [-0.2, 0) is 0 Å². The first-order valence-electron chi connectivity index (χ1n) is 16.8. The summed E-state index contributed by atoms with van der Waals surface area (Å²) in [6, 6.07) is 62.2. The molecular formula is C46H29N5. The summed E-state index contributed by atoms with van der Waals surface area (Å²) in [5.74, 6) is 1.81. The number of rotatable bonds is 6. The van der Waals surface area contributed by atoms with Crippen molar-refractivity contribution in [1.29, 1.82) is 5.26 Å². The predicted octanol–water partition coefficient (Wildman–Crippen LogP) is 11.2. The van der Waals surface area contributed by atoms with Gasteiger partial charge in [0.1, 0.15) is 0 Å². The summed E-state index contributed by atoms with van der Waals surface area (Å²) in [5.41, 5.74) is 10.6. The Kier molecular flexibility index (Phi) is 7.46. The van der Waals surface area contributed by atoms with E-state index in [1.54, 1.807) is 0 Å². The third-order valence-electron chi connectivity index (χ3n) is 9.23. The minimum Gasteiger partial charge on any atom is -0.309 e. The second-order valence-electron chi connectivity index (χ2n) is 12.4. The summed E-state index contributed by atoms with van der Waals surface area (Å²) in [5, 5.41) is 12.6. The van der Waals surface area contributed by atoms with Gasteiger partial charge in [-0.05, 0) is 70.8 Å². The van der Waals surface area contributed by atoms with Crippen molar-refractivity contribution in [3.05, 3.63) is 181 Å². The molecule has 0 bridgehead atoms. The molecule has 0 radical (unpaired) electrons. The van der Waals surface area contributed by atoms with Crippen molar-refractivity contribution in [2.75, 3.05) is 0 Å². The average Bonchev–Trinajstić information content (AvgIpc) is 3.56. The monoisotopic (exact) mass is 651 g/mol. The smallest absolute Gasteiger partial charge is 0.164 e. The van der Waals surface area contributed by atoms with E-state index in [9.17, 15) is 5.26 Å². The van der Waals surface area contributed by atoms with Crippen LogP contribution in [0.4, 0.5) is 0 Å². The van der Waals surface area contributed by atoms with Crippen LogP contribution >= 0.6 is 0 Å². The molecule has 5 nitrogen and oxygen atoms in total. The van der Waals surface area contributed by atoms with E-state index >= 15 is 0 Å². The fraction of sp³-hybridized carbons (Fsp3) is 0. The third-order valence-corrected chi connectivity index (χ3v) is 9.23. The molecule has 0 atom stereocenters. The van der Waals surface area contributed by atoms with Crippen molar-refractivity contribution in [2.24, 2.45) is 0 Å². The zero-order chi connectivity index (χ0) is 34.1. The average molecular weight is 652 g/mol. The molecule has 9 aromatic rings. The maximum absolute atomic E-state index is 10.2. The van der Waals surface area contributed by atoms with Gasteiger partial charge in [-0.25, -0.2) is 15.0 Å². The lowest BCUT2D eigenvalue weighted by Gasteiger charge is -2.12. The van der Waals surface area contributed by atoms with Gasteiger partial charge in [0, 0.05) is 33.2 Å². The number of hydrogen-bond acceptors (Lipinski definition) is 4. The molecule has 0 saturated heterocycles. The minimum absolute atomic E-state index is 0.583. The Bertz CT molecular complexity index is 2650. The number of fused-ring (bicyclic) bond motifs is 3. The van der Waals surface area contributed by atoms with Crippen molar-refractivity contribution in [3.63, 3.8) is 0 Å². The highest BCUT2D eigenvalue weighted by atomic mass is 15.0. The highest BCUT2D eigenvalue weighted by Crippen LogP contribution is 2.35. The second-order valence-corrected chi connectivity index (χ2v) is 12.4. The van der Waals surface area contributed by atoms with Crippen LogP contribution in [0.1, 0.15) is 5.56 Å². The molecule has 0 fully saturated rings. The molecule has 0 N–H and O–H groups in total. The van der Waals surface area contributed by atoms with Crippen molar-refractivity contribution in [3.8, 4) is 68.2 Å². The van der Waals surface area contributed by atoms with Gasteiger partial charge >= 0.3 is 0 Å². The SMILES string of the molecule is N#Cc1cc(-c2cccc(-c3nc(-c4ccccc4)nc(-c4ccccc4)n3)c2)cc(-c2cccc(-n3c4ccccc4c4ccccc43)c2)c1. The van der Waals surface area contributed by atoms with Crippen molar-refractivity contribution in [2.45, 2.75) is 0 Å². The number of nitriles is 1. The molecule has 0 spiro atoms. The molecule has 0 aliphatic rings. The van der Waals surface area contributed by atoms with Crippen LogP contribution in [0.25, 0.3) is 83.9 Å². The summed E-state index contributed by atoms with van der Waals surface area (Å²) in [6.45, 7) is 0. The van der Waals surface area contributed by atoms with Gasteiger partial charge in [0.05, 0.1) is 22.7 Å². The van der Waals surface area contributed by atoms with Crippen LogP contribution in [0.2, 0.25) is 0 Å². The molecule has 9 rings (SSSR count). The Morgan fingerprint density at radius 1 is 0.373 bits per heavy atom. The van der Waals surface area contributed by atoms with E-state index in [-0.39, 0.29) is 0 Å². The molecule has 2 heterocycles. The molecule has 0 unspecified atom stereocenters. The van der Waals surface area contributed by atoms with Gasteiger partial charge in [0.25, 0.3) is 0 Å². The first kappa shape index (κ1) is 29.9. The fourth-order valence-electron chi connectivity index (χ4n) is 6.83. The van der Waals surface area contributed by atoms with Gasteiger partial charge in [-0.15, -0.1) is 0 Å². The summed E-state index contributed by atoms with van der Waals surface area (Å²) >= 11 is 0. The Morgan fingerprint density at radius 3 is 1.37 bits per heavy atom. The van der Waals surface area contributed by atoms with Crippen molar-refractivity contribution < 1.29 is 0 Å². The van der Waals surface area contributed by atoms with Gasteiger partial charge in [-0.1, -0.05) is 127 Å². The summed E-state index contributed by atoms with van der Waals surface area (Å²) < 4.78 is 2.31. The summed E-state index contributed by atoms with van der Waals surface area (Å²) in [6.07, 6.45) is 0. The molecule has 0 aliphatic heterocycles. The van der Waals surface area contributed by atoms with Gasteiger partial charge in [0.15, 0.2) is 17.5 Å². The molecule has 51 heavy (non-hydrogen) atoms. The standard InChI is InChI=1S/C46H29N5/c47-30-31-25-37(28-38(26-31)35-18-12-20-39(29-35)51-42-23-9-7-21-40(42)41-22-8-10-24-43(41)51)34-17-11-19-36(27-34)46-49-44(32-13-3-1-4-14-32)48-45(50-46)33-15-5-2-6-16-33/h1-29H. The predicted molar refractivity (Wildman–Crippen MR) is 206 cm³/mol. The van der Waals surface area contributed by atoms with Gasteiger partial charge in [-0.3, -0.25) is 0 Å². The van der Waals surface area contributed by atoms with Crippen molar-refractivity contribution >= 4 is 21.8 Å². The molecule has 238 valence electrons. The Labute approximate surface area is 295 Å². The van der Waals surface area contributed by atoms with Gasteiger partial charge in [0.2, 0.25) is 0 Å². The van der Waals surface area contributed by atoms with Crippen LogP contribution in [0.5, 0.6) is 0 Å². The van der Waals surface area contributed by atoms with E-state index in [2.05, 4.69) is 102 Å². The van der Waals surface area contributed by atoms with Crippen LogP contribution in [0, 0.1) is 11.3 Å². The van der Waals surface area contributed by atoms with Crippen LogP contribution in [0.15, 0.2) is 176 Å². The normalized spacial score (nSPS) is 11.1. The van der Waals surface area contributed by atoms with E-state index in [0.29, 0.717) is 23.0 Å². The second kappa shape index (κ2) is 12.7. The molecule has 5 heteroatoms. The summed E-state index contributed by atoms with van der Waals surface area (Å²) in [7, 11) is 0. The van der Waals surface area contributed by atoms with Crippen LogP contribution < -0.4 is 0 Å². The van der Waals surface area contributed by atoms with Gasteiger partial charge in [-0.2, -0.15) is 5.26 Å². The molecule has 0 aliphatic carbocycles. The maximum atomic E-state index is 10.2. The highest BCUT2D eigenvalue weighted by molar-refractivity contribution is 6.09. The van der Waals surface area contributed by atoms with Crippen molar-refractivity contribution in [1.82, 2.24) is 19.5 Å². The van der Waals surface area contributed by atoms with Gasteiger partial charge < -0.3 is 4.57 Å². The zero-order valence-corrected chi connectivity index (χ0v) is 27.5. The van der Waals surface area contributed by atoms with E-state index < -0.39 is 0 Å². The first-order valence-corrected chi connectivity index (χ1v) is 16.8. The fourth-order valence-corrected chi connectivity index (χ4v) is 6.83. The minimum atomic E-state index is 0.583. The van der Waals surface area contributed by atoms with E-state index in [0.717, 1.165) is 55.7 Å². The lowest BCUT2D eigenvalue weighted by Crippen LogP contribution is -2.00. The van der Waals surface area contributed by atoms with E-state index in [4.69, 9.17) is 15.0 Å². The van der Waals surface area contributed by atoms with E-state index in [1.807, 2.05) is 84.9 Å². The number of aromatic nitrogens is 4. The maximum Gasteiger partial charge on any atom is 0.164 e. The molecular weight excluding hydrogens is 623 g/mol. The number of nitrogens with zero attached hydrogens (tertiary/aromatic N) is 5. The molecule has 0 amide bonds. The van der Waals surface area contributed by atoms with Crippen LogP contribution in [0.3, 0.4) is 0 Å². The number of benzene rings is 7. The summed E-state index contributed by atoms with van der Waals surface area (Å²) in [4.78, 5) is 14.7. The zero-order valence-electron chi connectivity index (χ0n) is 27.5.